The number of pyridine rings is 1. The molecule has 0 fully saturated rings. The van der Waals surface area contributed by atoms with E-state index in [2.05, 4.69) is 18.8 Å². The maximum Gasteiger partial charge on any atom is 0.149 e. The quantitative estimate of drug-likeness (QED) is 0.927. The first-order valence-electron chi connectivity index (χ1n) is 6.28. The Bertz CT molecular complexity index is 623. The summed E-state index contributed by atoms with van der Waals surface area (Å²) in [6.07, 6.45) is 0.709. The van der Waals surface area contributed by atoms with Crippen molar-refractivity contribution in [2.24, 2.45) is 11.1 Å². The van der Waals surface area contributed by atoms with Crippen LogP contribution in [0.3, 0.4) is 0 Å². The van der Waals surface area contributed by atoms with Crippen LogP contribution in [0.4, 0.5) is 4.39 Å². The van der Waals surface area contributed by atoms with Crippen LogP contribution < -0.4 is 5.73 Å². The van der Waals surface area contributed by atoms with Gasteiger partial charge in [0.05, 0.1) is 5.02 Å². The fraction of sp³-hybridized carbons (Fsp3) is 0.400. The lowest BCUT2D eigenvalue weighted by Crippen LogP contribution is -2.25. The van der Waals surface area contributed by atoms with Gasteiger partial charge in [-0.3, -0.25) is 0 Å². The van der Waals surface area contributed by atoms with E-state index in [1.165, 1.54) is 6.07 Å². The van der Waals surface area contributed by atoms with Gasteiger partial charge in [-0.15, -0.1) is 0 Å². The Morgan fingerprint density at radius 1 is 1.32 bits per heavy atom. The molecule has 2 aromatic rings. The molecule has 0 unspecified atom stereocenters. The van der Waals surface area contributed by atoms with Crippen LogP contribution in [0.15, 0.2) is 18.2 Å². The zero-order chi connectivity index (χ0) is 14.2. The summed E-state index contributed by atoms with van der Waals surface area (Å²) < 4.78 is 14.1. The zero-order valence-electron chi connectivity index (χ0n) is 11.4. The molecule has 1 aromatic heterocycles. The molecule has 1 aromatic carbocycles. The minimum atomic E-state index is -0.328. The Hall–Kier alpha value is -1.19. The number of hydrogen-bond donors (Lipinski definition) is 1. The van der Waals surface area contributed by atoms with Crippen LogP contribution >= 0.6 is 11.6 Å². The van der Waals surface area contributed by atoms with Crippen molar-refractivity contribution in [1.29, 1.82) is 0 Å². The fourth-order valence-electron chi connectivity index (χ4n) is 2.15. The van der Waals surface area contributed by atoms with E-state index >= 15 is 0 Å². The van der Waals surface area contributed by atoms with Gasteiger partial charge in [0.15, 0.2) is 0 Å². The summed E-state index contributed by atoms with van der Waals surface area (Å²) in [5, 5.41) is 1.20. The largest absolute Gasteiger partial charge is 0.330 e. The number of hydrogen-bond acceptors (Lipinski definition) is 2. The maximum atomic E-state index is 14.1. The Morgan fingerprint density at radius 2 is 2.00 bits per heavy atom. The monoisotopic (exact) mass is 280 g/mol. The normalized spacial score (nSPS) is 12.1. The first kappa shape index (κ1) is 14.2. The third-order valence-electron chi connectivity index (χ3n) is 3.24. The van der Waals surface area contributed by atoms with Crippen LogP contribution in [0.25, 0.3) is 10.9 Å². The van der Waals surface area contributed by atoms with Gasteiger partial charge >= 0.3 is 0 Å². The Balaban J connectivity index is 2.56. The Labute approximate surface area is 117 Å². The summed E-state index contributed by atoms with van der Waals surface area (Å²) in [6, 6.07) is 5.19. The molecule has 19 heavy (non-hydrogen) atoms. The van der Waals surface area contributed by atoms with Crippen LogP contribution in [0.5, 0.6) is 0 Å². The number of rotatable bonds is 3. The zero-order valence-corrected chi connectivity index (χ0v) is 12.2. The summed E-state index contributed by atoms with van der Waals surface area (Å²) in [5.41, 5.74) is 7.60. The van der Waals surface area contributed by atoms with Gasteiger partial charge in [-0.1, -0.05) is 25.4 Å². The topological polar surface area (TPSA) is 38.9 Å². The molecule has 2 N–H and O–H groups in total. The van der Waals surface area contributed by atoms with Crippen molar-refractivity contribution < 1.29 is 4.39 Å². The molecule has 0 saturated carbocycles. The molecule has 0 aliphatic heterocycles. The summed E-state index contributed by atoms with van der Waals surface area (Å²) in [7, 11) is 0. The second-order valence-corrected chi connectivity index (χ2v) is 6.17. The molecule has 0 spiro atoms. The SMILES string of the molecule is Cc1cc(Cl)c2cc(CC(C)(C)CN)cc(F)c2n1. The third-order valence-corrected chi connectivity index (χ3v) is 3.55. The average molecular weight is 281 g/mol. The fourth-order valence-corrected chi connectivity index (χ4v) is 2.45. The van der Waals surface area contributed by atoms with Crippen molar-refractivity contribution in [3.8, 4) is 0 Å². The molecule has 1 heterocycles. The highest BCUT2D eigenvalue weighted by molar-refractivity contribution is 6.35. The lowest BCUT2D eigenvalue weighted by atomic mass is 9.85. The highest BCUT2D eigenvalue weighted by atomic mass is 35.5. The van der Waals surface area contributed by atoms with Gasteiger partial charge in [0, 0.05) is 11.1 Å². The molecule has 0 saturated heterocycles. The standard InChI is InChI=1S/C15H18ClFN2/c1-9-4-12(16)11-5-10(7-15(2,3)8-18)6-13(17)14(11)19-9/h4-6H,7-8,18H2,1-3H3. The molecule has 102 valence electrons. The number of aromatic nitrogens is 1. The van der Waals surface area contributed by atoms with Gasteiger partial charge in [-0.2, -0.15) is 0 Å². The molecule has 0 radical (unpaired) electrons. The van der Waals surface area contributed by atoms with Gasteiger partial charge in [-0.25, -0.2) is 9.37 Å². The van der Waals surface area contributed by atoms with E-state index in [9.17, 15) is 4.39 Å². The van der Waals surface area contributed by atoms with Crippen molar-refractivity contribution in [1.82, 2.24) is 4.98 Å². The Kier molecular flexibility index (Phi) is 3.79. The van der Waals surface area contributed by atoms with E-state index in [4.69, 9.17) is 17.3 Å². The summed E-state index contributed by atoms with van der Waals surface area (Å²) in [5.74, 6) is -0.328. The van der Waals surface area contributed by atoms with Gasteiger partial charge in [0.2, 0.25) is 0 Å². The predicted molar refractivity (Wildman–Crippen MR) is 78.0 cm³/mol. The lowest BCUT2D eigenvalue weighted by Gasteiger charge is -2.22. The van der Waals surface area contributed by atoms with Crippen molar-refractivity contribution >= 4 is 22.5 Å². The number of aryl methyl sites for hydroxylation is 1. The molecule has 4 heteroatoms. The van der Waals surface area contributed by atoms with Crippen molar-refractivity contribution in [3.05, 3.63) is 40.3 Å². The summed E-state index contributed by atoms with van der Waals surface area (Å²) in [6.45, 7) is 6.47. The molecular weight excluding hydrogens is 263 g/mol. The van der Waals surface area contributed by atoms with Gasteiger partial charge in [0.1, 0.15) is 11.3 Å². The number of nitrogens with two attached hydrogens (primary N) is 1. The van der Waals surface area contributed by atoms with Gasteiger partial charge < -0.3 is 5.73 Å². The number of halogens is 2. The van der Waals surface area contributed by atoms with Gasteiger partial charge in [-0.05, 0) is 49.1 Å². The first-order valence-corrected chi connectivity index (χ1v) is 6.65. The minimum Gasteiger partial charge on any atom is -0.330 e. The maximum absolute atomic E-state index is 14.1. The molecule has 2 nitrogen and oxygen atoms in total. The van der Waals surface area contributed by atoms with Crippen LogP contribution in [0.2, 0.25) is 5.02 Å². The van der Waals surface area contributed by atoms with Gasteiger partial charge in [0.25, 0.3) is 0 Å². The molecule has 0 aliphatic carbocycles. The van der Waals surface area contributed by atoms with Crippen molar-refractivity contribution in [2.75, 3.05) is 6.54 Å². The van der Waals surface area contributed by atoms with E-state index in [1.54, 1.807) is 13.0 Å². The molecule has 0 aliphatic rings. The Morgan fingerprint density at radius 3 is 2.63 bits per heavy atom. The van der Waals surface area contributed by atoms with Crippen LogP contribution in [-0.4, -0.2) is 11.5 Å². The van der Waals surface area contributed by atoms with E-state index < -0.39 is 0 Å². The molecule has 0 atom stereocenters. The first-order chi connectivity index (χ1) is 8.82. The smallest absolute Gasteiger partial charge is 0.149 e. The number of nitrogens with zero attached hydrogens (tertiary/aromatic N) is 1. The highest BCUT2D eigenvalue weighted by Crippen LogP contribution is 2.29. The second-order valence-electron chi connectivity index (χ2n) is 5.76. The van der Waals surface area contributed by atoms with E-state index in [0.29, 0.717) is 34.6 Å². The molecule has 2 rings (SSSR count). The van der Waals surface area contributed by atoms with Crippen LogP contribution in [-0.2, 0) is 6.42 Å². The summed E-state index contributed by atoms with van der Waals surface area (Å²) in [4.78, 5) is 4.21. The lowest BCUT2D eigenvalue weighted by molar-refractivity contribution is 0.376. The van der Waals surface area contributed by atoms with Crippen molar-refractivity contribution in [2.45, 2.75) is 27.2 Å². The number of benzene rings is 1. The van der Waals surface area contributed by atoms with E-state index in [1.807, 2.05) is 6.07 Å². The minimum absolute atomic E-state index is 0.0648. The average Bonchev–Trinajstić information content (AvgIpc) is 2.30. The van der Waals surface area contributed by atoms with E-state index in [-0.39, 0.29) is 11.2 Å². The van der Waals surface area contributed by atoms with Crippen molar-refractivity contribution in [3.63, 3.8) is 0 Å². The highest BCUT2D eigenvalue weighted by Gasteiger charge is 2.18. The van der Waals surface area contributed by atoms with Crippen LogP contribution in [0, 0.1) is 18.2 Å². The molecule has 0 bridgehead atoms. The number of fused-ring (bicyclic) bond motifs is 1. The molecular formula is C15H18ClFN2. The van der Waals surface area contributed by atoms with E-state index in [0.717, 1.165) is 5.56 Å². The molecule has 0 amide bonds. The van der Waals surface area contributed by atoms with Crippen LogP contribution in [0.1, 0.15) is 25.1 Å². The third kappa shape index (κ3) is 3.04. The summed E-state index contributed by atoms with van der Waals surface area (Å²) >= 11 is 6.18. The second kappa shape index (κ2) is 5.06. The predicted octanol–water partition coefficient (Wildman–Crippen LogP) is 3.86.